The third-order valence-corrected chi connectivity index (χ3v) is 5.65. The van der Waals surface area contributed by atoms with Gasteiger partial charge in [-0.15, -0.1) is 0 Å². The largest absolute Gasteiger partial charge is 0.299 e. The van der Waals surface area contributed by atoms with Crippen molar-refractivity contribution in [3.63, 3.8) is 0 Å². The van der Waals surface area contributed by atoms with E-state index in [2.05, 4.69) is 37.0 Å². The van der Waals surface area contributed by atoms with E-state index in [4.69, 9.17) is 0 Å². The Morgan fingerprint density at radius 3 is 2.58 bits per heavy atom. The van der Waals surface area contributed by atoms with Gasteiger partial charge in [-0.3, -0.25) is 5.32 Å². The molecule has 0 amide bonds. The summed E-state index contributed by atoms with van der Waals surface area (Å²) in [5.41, 5.74) is -0.275. The molecule has 0 aromatic rings. The first kappa shape index (κ1) is 16.9. The Morgan fingerprint density at radius 2 is 2.00 bits per heavy atom. The zero-order valence-electron chi connectivity index (χ0n) is 12.7. The standard InChI is InChI=1S/C16H30N2S/c1-3-12-18-16(4-2,14-17)11-8-13-19-15-9-6-5-7-10-15/h15,18H,3-13H2,1-2H3. The van der Waals surface area contributed by atoms with Crippen LogP contribution in [0.25, 0.3) is 0 Å². The third kappa shape index (κ3) is 6.19. The van der Waals surface area contributed by atoms with Gasteiger partial charge < -0.3 is 0 Å². The van der Waals surface area contributed by atoms with Crippen LogP contribution in [0.5, 0.6) is 0 Å². The Morgan fingerprint density at radius 1 is 1.26 bits per heavy atom. The summed E-state index contributed by atoms with van der Waals surface area (Å²) in [6.45, 7) is 5.24. The van der Waals surface area contributed by atoms with Crippen LogP contribution in [0.15, 0.2) is 0 Å². The molecule has 1 aliphatic rings. The lowest BCUT2D eigenvalue weighted by Crippen LogP contribution is -2.43. The summed E-state index contributed by atoms with van der Waals surface area (Å²) < 4.78 is 0. The van der Waals surface area contributed by atoms with E-state index in [1.165, 1.54) is 44.3 Å². The zero-order valence-corrected chi connectivity index (χ0v) is 13.5. The molecule has 1 aliphatic carbocycles. The Kier molecular flexibility index (Phi) is 8.57. The highest BCUT2D eigenvalue weighted by Crippen LogP contribution is 2.29. The van der Waals surface area contributed by atoms with Gasteiger partial charge >= 0.3 is 0 Å². The molecule has 2 nitrogen and oxygen atoms in total. The van der Waals surface area contributed by atoms with Crippen molar-refractivity contribution in [2.75, 3.05) is 12.3 Å². The van der Waals surface area contributed by atoms with Crippen LogP contribution >= 0.6 is 11.8 Å². The Labute approximate surface area is 123 Å². The monoisotopic (exact) mass is 282 g/mol. The van der Waals surface area contributed by atoms with Crippen LogP contribution in [-0.2, 0) is 0 Å². The molecule has 0 radical (unpaired) electrons. The predicted molar refractivity (Wildman–Crippen MR) is 85.5 cm³/mol. The summed E-state index contributed by atoms with van der Waals surface area (Å²) >= 11 is 2.15. The van der Waals surface area contributed by atoms with Gasteiger partial charge in [-0.25, -0.2) is 0 Å². The van der Waals surface area contributed by atoms with Gasteiger partial charge in [0.05, 0.1) is 6.07 Å². The second-order valence-corrected chi connectivity index (χ2v) is 7.12. The lowest BCUT2D eigenvalue weighted by atomic mass is 9.92. The Bertz CT molecular complexity index is 268. The van der Waals surface area contributed by atoms with E-state index in [0.29, 0.717) is 0 Å². The molecule has 1 saturated carbocycles. The maximum atomic E-state index is 9.43. The molecule has 1 fully saturated rings. The second kappa shape index (κ2) is 9.66. The summed E-state index contributed by atoms with van der Waals surface area (Å²) in [7, 11) is 0. The smallest absolute Gasteiger partial charge is 0.106 e. The number of hydrogen-bond acceptors (Lipinski definition) is 3. The van der Waals surface area contributed by atoms with Crippen molar-refractivity contribution in [3.05, 3.63) is 0 Å². The summed E-state index contributed by atoms with van der Waals surface area (Å²) in [6.07, 6.45) is 11.3. The first-order valence-corrected chi connectivity index (χ1v) is 9.09. The van der Waals surface area contributed by atoms with Crippen LogP contribution in [0.2, 0.25) is 0 Å². The molecule has 0 aromatic heterocycles. The van der Waals surface area contributed by atoms with Crippen LogP contribution in [0, 0.1) is 11.3 Å². The quantitative estimate of drug-likeness (QED) is 0.632. The number of nitrogens with zero attached hydrogens (tertiary/aromatic N) is 1. The van der Waals surface area contributed by atoms with E-state index < -0.39 is 0 Å². The average Bonchev–Trinajstić information content (AvgIpc) is 2.48. The maximum absolute atomic E-state index is 9.43. The van der Waals surface area contributed by atoms with Crippen LogP contribution in [0.1, 0.15) is 71.6 Å². The van der Waals surface area contributed by atoms with Gasteiger partial charge in [-0.2, -0.15) is 17.0 Å². The topological polar surface area (TPSA) is 35.8 Å². The number of rotatable bonds is 9. The second-order valence-electron chi connectivity index (χ2n) is 5.71. The molecule has 1 rings (SSSR count). The van der Waals surface area contributed by atoms with E-state index in [1.54, 1.807) is 0 Å². The third-order valence-electron chi connectivity index (χ3n) is 4.18. The van der Waals surface area contributed by atoms with Crippen LogP contribution in [0.4, 0.5) is 0 Å². The molecular weight excluding hydrogens is 252 g/mol. The van der Waals surface area contributed by atoms with Crippen LogP contribution in [-0.4, -0.2) is 23.1 Å². The number of thioether (sulfide) groups is 1. The molecule has 0 heterocycles. The van der Waals surface area contributed by atoms with Crippen molar-refractivity contribution in [1.29, 1.82) is 5.26 Å². The average molecular weight is 282 g/mol. The molecule has 1 atom stereocenters. The van der Waals surface area contributed by atoms with Gasteiger partial charge in [-0.05, 0) is 50.8 Å². The predicted octanol–water partition coefficient (Wildman–Crippen LogP) is 4.50. The molecule has 3 heteroatoms. The van der Waals surface area contributed by atoms with E-state index >= 15 is 0 Å². The van der Waals surface area contributed by atoms with E-state index in [9.17, 15) is 5.26 Å². The molecule has 0 spiro atoms. The molecule has 19 heavy (non-hydrogen) atoms. The van der Waals surface area contributed by atoms with Crippen molar-refractivity contribution >= 4 is 11.8 Å². The van der Waals surface area contributed by atoms with E-state index in [1.807, 2.05) is 0 Å². The lowest BCUT2D eigenvalue weighted by Gasteiger charge is -2.27. The number of nitriles is 1. The normalized spacial score (nSPS) is 19.8. The lowest BCUT2D eigenvalue weighted by molar-refractivity contribution is 0.371. The van der Waals surface area contributed by atoms with Gasteiger partial charge in [0.15, 0.2) is 0 Å². The van der Waals surface area contributed by atoms with Gasteiger partial charge in [-0.1, -0.05) is 33.1 Å². The molecule has 0 aliphatic heterocycles. The summed E-state index contributed by atoms with van der Waals surface area (Å²) in [5, 5.41) is 13.8. The Balaban J connectivity index is 2.22. The van der Waals surface area contributed by atoms with E-state index in [-0.39, 0.29) is 5.54 Å². The number of hydrogen-bond donors (Lipinski definition) is 1. The Hall–Kier alpha value is -0.200. The van der Waals surface area contributed by atoms with Crippen molar-refractivity contribution in [2.24, 2.45) is 0 Å². The van der Waals surface area contributed by atoms with Crippen molar-refractivity contribution in [3.8, 4) is 6.07 Å². The van der Waals surface area contributed by atoms with Gasteiger partial charge in [0, 0.05) is 5.25 Å². The van der Waals surface area contributed by atoms with E-state index in [0.717, 1.165) is 31.1 Å². The fourth-order valence-corrected chi connectivity index (χ4v) is 4.10. The first-order valence-electron chi connectivity index (χ1n) is 8.04. The van der Waals surface area contributed by atoms with Gasteiger partial charge in [0.25, 0.3) is 0 Å². The summed E-state index contributed by atoms with van der Waals surface area (Å²) in [6, 6.07) is 2.52. The van der Waals surface area contributed by atoms with Crippen LogP contribution in [0.3, 0.4) is 0 Å². The molecule has 110 valence electrons. The first-order chi connectivity index (χ1) is 9.26. The minimum Gasteiger partial charge on any atom is -0.299 e. The number of nitrogens with one attached hydrogen (secondary N) is 1. The van der Waals surface area contributed by atoms with Crippen molar-refractivity contribution in [1.82, 2.24) is 5.32 Å². The molecule has 0 aromatic carbocycles. The summed E-state index contributed by atoms with van der Waals surface area (Å²) in [5.74, 6) is 1.22. The minimum absolute atomic E-state index is 0.275. The molecule has 1 N–H and O–H groups in total. The molecular formula is C16H30N2S. The van der Waals surface area contributed by atoms with Gasteiger partial charge in [0.1, 0.15) is 5.54 Å². The van der Waals surface area contributed by atoms with Gasteiger partial charge in [0.2, 0.25) is 0 Å². The highest BCUT2D eigenvalue weighted by Gasteiger charge is 2.26. The summed E-state index contributed by atoms with van der Waals surface area (Å²) in [4.78, 5) is 0. The molecule has 0 bridgehead atoms. The fraction of sp³-hybridized carbons (Fsp3) is 0.938. The SMILES string of the molecule is CCCNC(C#N)(CC)CCCSC1CCCCC1. The highest BCUT2D eigenvalue weighted by molar-refractivity contribution is 7.99. The van der Waals surface area contributed by atoms with Crippen molar-refractivity contribution in [2.45, 2.75) is 82.4 Å². The maximum Gasteiger partial charge on any atom is 0.106 e. The fourth-order valence-electron chi connectivity index (χ4n) is 2.78. The highest BCUT2D eigenvalue weighted by atomic mass is 32.2. The zero-order chi connectivity index (χ0) is 14.0. The minimum atomic E-state index is -0.275. The molecule has 1 unspecified atom stereocenters. The molecule has 0 saturated heterocycles. The van der Waals surface area contributed by atoms with Crippen LogP contribution < -0.4 is 5.32 Å². The van der Waals surface area contributed by atoms with Crippen molar-refractivity contribution < 1.29 is 0 Å².